The molecule has 0 bridgehead atoms. The van der Waals surface area contributed by atoms with E-state index in [0.29, 0.717) is 17.7 Å². The molecule has 2 heteroatoms. The number of hydrogen-bond acceptors (Lipinski definition) is 2. The zero-order valence-corrected chi connectivity index (χ0v) is 10.2. The maximum absolute atomic E-state index is 9.82. The fourth-order valence-corrected chi connectivity index (χ4v) is 2.55. The van der Waals surface area contributed by atoms with Crippen LogP contribution in [0.1, 0.15) is 31.4 Å². The zero-order chi connectivity index (χ0) is 11.5. The molecule has 16 heavy (non-hydrogen) atoms. The van der Waals surface area contributed by atoms with Gasteiger partial charge in [0.2, 0.25) is 0 Å². The van der Waals surface area contributed by atoms with Gasteiger partial charge < -0.3 is 10.4 Å². The molecule has 0 saturated heterocycles. The molecule has 0 aromatic heterocycles. The van der Waals surface area contributed by atoms with Gasteiger partial charge in [0.05, 0.1) is 0 Å². The highest BCUT2D eigenvalue weighted by Gasteiger charge is 2.26. The van der Waals surface area contributed by atoms with Crippen molar-refractivity contribution >= 4 is 0 Å². The maximum atomic E-state index is 9.82. The molecule has 1 aromatic rings. The van der Waals surface area contributed by atoms with E-state index in [2.05, 4.69) is 25.2 Å². The van der Waals surface area contributed by atoms with Gasteiger partial charge in [-0.25, -0.2) is 0 Å². The van der Waals surface area contributed by atoms with E-state index < -0.39 is 0 Å². The lowest BCUT2D eigenvalue weighted by molar-refractivity contribution is 0.345. The molecule has 0 fully saturated rings. The van der Waals surface area contributed by atoms with Crippen molar-refractivity contribution in [3.63, 3.8) is 0 Å². The molecule has 1 aromatic carbocycles. The van der Waals surface area contributed by atoms with E-state index in [-0.39, 0.29) is 0 Å². The number of phenolic OH excluding ortho intramolecular Hbond substituents is 1. The van der Waals surface area contributed by atoms with Gasteiger partial charge in [0.15, 0.2) is 0 Å². The Morgan fingerprint density at radius 1 is 1.38 bits per heavy atom. The third-order valence-corrected chi connectivity index (χ3v) is 3.56. The number of hydrogen-bond donors (Lipinski definition) is 2. The molecule has 2 unspecified atom stereocenters. The molecular weight excluding hydrogens is 198 g/mol. The number of fused-ring (bicyclic) bond motifs is 1. The van der Waals surface area contributed by atoms with Crippen LogP contribution in [0.2, 0.25) is 0 Å². The minimum absolute atomic E-state index is 0.471. The normalized spacial score (nSPS) is 24.1. The molecule has 0 aliphatic heterocycles. The molecular formula is C14H21NO. The van der Waals surface area contributed by atoms with Gasteiger partial charge in [0.25, 0.3) is 0 Å². The number of aromatic hydroxyl groups is 1. The lowest BCUT2D eigenvalue weighted by atomic mass is 9.80. The van der Waals surface area contributed by atoms with E-state index >= 15 is 0 Å². The molecule has 0 heterocycles. The third kappa shape index (κ3) is 2.22. The Hall–Kier alpha value is -1.02. The molecule has 2 N–H and O–H groups in total. The van der Waals surface area contributed by atoms with E-state index in [1.54, 1.807) is 6.07 Å². The third-order valence-electron chi connectivity index (χ3n) is 3.56. The van der Waals surface area contributed by atoms with Crippen LogP contribution in [0.3, 0.4) is 0 Å². The minimum Gasteiger partial charge on any atom is -0.508 e. The summed E-state index contributed by atoms with van der Waals surface area (Å²) in [5, 5.41) is 13.4. The van der Waals surface area contributed by atoms with Crippen LogP contribution >= 0.6 is 0 Å². The van der Waals surface area contributed by atoms with E-state index in [1.807, 2.05) is 6.07 Å². The minimum atomic E-state index is 0.471. The van der Waals surface area contributed by atoms with Gasteiger partial charge in [-0.3, -0.25) is 0 Å². The molecule has 1 aliphatic carbocycles. The smallest absolute Gasteiger partial charge is 0.119 e. The van der Waals surface area contributed by atoms with Crippen LogP contribution in [0.25, 0.3) is 0 Å². The van der Waals surface area contributed by atoms with Gasteiger partial charge in [-0.15, -0.1) is 0 Å². The largest absolute Gasteiger partial charge is 0.508 e. The highest BCUT2D eigenvalue weighted by atomic mass is 16.3. The predicted molar refractivity (Wildman–Crippen MR) is 66.8 cm³/mol. The number of rotatable bonds is 3. The van der Waals surface area contributed by atoms with E-state index in [0.717, 1.165) is 24.9 Å². The van der Waals surface area contributed by atoms with Gasteiger partial charge in [-0.1, -0.05) is 26.0 Å². The maximum Gasteiger partial charge on any atom is 0.119 e. The standard InChI is InChI=1S/C14H21NO/c1-3-7-15-13-9-11-5-4-6-14(16)12(11)8-10(13)2/h4-6,10,13,15-16H,3,7-9H2,1-2H3. The molecule has 88 valence electrons. The van der Waals surface area contributed by atoms with Crippen LogP contribution in [0.15, 0.2) is 18.2 Å². The molecule has 2 nitrogen and oxygen atoms in total. The highest BCUT2D eigenvalue weighted by Crippen LogP contribution is 2.31. The summed E-state index contributed by atoms with van der Waals surface area (Å²) < 4.78 is 0. The Bertz CT molecular complexity index is 362. The Balaban J connectivity index is 2.15. The summed E-state index contributed by atoms with van der Waals surface area (Å²) in [6.45, 7) is 5.55. The average molecular weight is 219 g/mol. The Morgan fingerprint density at radius 3 is 2.94 bits per heavy atom. The molecule has 0 radical (unpaired) electrons. The van der Waals surface area contributed by atoms with E-state index in [1.165, 1.54) is 12.0 Å². The summed E-state index contributed by atoms with van der Waals surface area (Å²) in [6.07, 6.45) is 3.21. The lowest BCUT2D eigenvalue weighted by Gasteiger charge is -2.32. The van der Waals surface area contributed by atoms with Crippen LogP contribution in [0.5, 0.6) is 5.75 Å². The topological polar surface area (TPSA) is 32.3 Å². The summed E-state index contributed by atoms with van der Waals surface area (Å²) in [7, 11) is 0. The second kappa shape index (κ2) is 4.88. The van der Waals surface area contributed by atoms with Crippen LogP contribution < -0.4 is 5.32 Å². The van der Waals surface area contributed by atoms with Crippen LogP contribution in [-0.4, -0.2) is 17.7 Å². The van der Waals surface area contributed by atoms with E-state index in [4.69, 9.17) is 0 Å². The number of nitrogens with one attached hydrogen (secondary N) is 1. The lowest BCUT2D eigenvalue weighted by Crippen LogP contribution is -2.41. The Labute approximate surface area is 97.7 Å². The first-order valence-corrected chi connectivity index (χ1v) is 6.25. The summed E-state index contributed by atoms with van der Waals surface area (Å²) in [4.78, 5) is 0. The van der Waals surface area contributed by atoms with Crippen molar-refractivity contribution in [1.82, 2.24) is 5.32 Å². The van der Waals surface area contributed by atoms with Crippen molar-refractivity contribution in [1.29, 1.82) is 0 Å². The molecule has 0 amide bonds. The van der Waals surface area contributed by atoms with Crippen molar-refractivity contribution in [3.8, 4) is 5.75 Å². The Kier molecular flexibility index (Phi) is 3.49. The second-order valence-electron chi connectivity index (χ2n) is 4.86. The molecule has 0 spiro atoms. The Morgan fingerprint density at radius 2 is 2.19 bits per heavy atom. The van der Waals surface area contributed by atoms with Gasteiger partial charge in [-0.2, -0.15) is 0 Å². The number of benzene rings is 1. The SMILES string of the molecule is CCCNC1Cc2cccc(O)c2CC1C. The summed E-state index contributed by atoms with van der Waals surface area (Å²) >= 11 is 0. The fraction of sp³-hybridized carbons (Fsp3) is 0.571. The quantitative estimate of drug-likeness (QED) is 0.818. The molecule has 2 atom stereocenters. The van der Waals surface area contributed by atoms with Gasteiger partial charge in [-0.05, 0) is 48.9 Å². The van der Waals surface area contributed by atoms with Gasteiger partial charge in [0, 0.05) is 6.04 Å². The molecule has 1 aliphatic rings. The molecule has 0 saturated carbocycles. The molecule has 2 rings (SSSR count). The average Bonchev–Trinajstić information content (AvgIpc) is 2.28. The number of phenols is 1. The first-order valence-electron chi connectivity index (χ1n) is 6.25. The van der Waals surface area contributed by atoms with E-state index in [9.17, 15) is 5.11 Å². The van der Waals surface area contributed by atoms with Crippen molar-refractivity contribution in [3.05, 3.63) is 29.3 Å². The summed E-state index contributed by atoms with van der Waals surface area (Å²) in [6, 6.07) is 6.45. The van der Waals surface area contributed by atoms with Gasteiger partial charge in [0.1, 0.15) is 5.75 Å². The van der Waals surface area contributed by atoms with Crippen LogP contribution in [0, 0.1) is 5.92 Å². The second-order valence-corrected chi connectivity index (χ2v) is 4.86. The highest BCUT2D eigenvalue weighted by molar-refractivity contribution is 5.41. The monoisotopic (exact) mass is 219 g/mol. The van der Waals surface area contributed by atoms with Crippen molar-refractivity contribution in [2.75, 3.05) is 6.54 Å². The van der Waals surface area contributed by atoms with Crippen molar-refractivity contribution in [2.45, 2.75) is 39.2 Å². The fourth-order valence-electron chi connectivity index (χ4n) is 2.55. The van der Waals surface area contributed by atoms with Crippen LogP contribution in [-0.2, 0) is 12.8 Å². The predicted octanol–water partition coefficient (Wildman–Crippen LogP) is 2.50. The van der Waals surface area contributed by atoms with Gasteiger partial charge >= 0.3 is 0 Å². The first-order chi connectivity index (χ1) is 7.72. The van der Waals surface area contributed by atoms with Crippen molar-refractivity contribution < 1.29 is 5.11 Å². The first kappa shape index (κ1) is 11.5. The summed E-state index contributed by atoms with van der Waals surface area (Å²) in [5.41, 5.74) is 2.47. The van der Waals surface area contributed by atoms with Crippen LogP contribution in [0.4, 0.5) is 0 Å². The zero-order valence-electron chi connectivity index (χ0n) is 10.2. The van der Waals surface area contributed by atoms with Crippen molar-refractivity contribution in [2.24, 2.45) is 5.92 Å². The summed E-state index contributed by atoms with van der Waals surface area (Å²) in [5.74, 6) is 1.07.